The van der Waals surface area contributed by atoms with Crippen LogP contribution in [-0.2, 0) is 9.53 Å². The van der Waals surface area contributed by atoms with Crippen LogP contribution in [0.4, 0.5) is 5.13 Å². The molecular formula is C22H20ClN3O4S. The summed E-state index contributed by atoms with van der Waals surface area (Å²) in [6, 6.07) is 15.7. The van der Waals surface area contributed by atoms with Crippen LogP contribution in [0.25, 0.3) is 11.3 Å². The molecule has 0 aliphatic carbocycles. The zero-order chi connectivity index (χ0) is 22.2. The van der Waals surface area contributed by atoms with Crippen LogP contribution in [0.1, 0.15) is 33.4 Å². The van der Waals surface area contributed by atoms with Gasteiger partial charge in [-0.25, -0.2) is 9.78 Å². The second-order valence-electron chi connectivity index (χ2n) is 6.34. The fraction of sp³-hybridized carbons (Fsp3) is 0.182. The minimum Gasteiger partial charge on any atom is -0.462 e. The van der Waals surface area contributed by atoms with Crippen LogP contribution in [0.15, 0.2) is 54.6 Å². The van der Waals surface area contributed by atoms with E-state index in [0.29, 0.717) is 21.2 Å². The van der Waals surface area contributed by atoms with E-state index in [1.807, 2.05) is 30.3 Å². The van der Waals surface area contributed by atoms with E-state index in [-0.39, 0.29) is 36.5 Å². The van der Waals surface area contributed by atoms with Crippen molar-refractivity contribution in [3.8, 4) is 11.3 Å². The van der Waals surface area contributed by atoms with Crippen molar-refractivity contribution in [2.75, 3.05) is 18.5 Å². The molecule has 0 unspecified atom stereocenters. The number of anilines is 1. The molecule has 31 heavy (non-hydrogen) atoms. The summed E-state index contributed by atoms with van der Waals surface area (Å²) in [5.74, 6) is -1.12. The standard InChI is InChI=1S/C22H20ClN3O4S/c1-2-30-21(29)19-18(14-6-4-3-5-7-14)26-22(31-19)25-17(27)12-13-24-20(28)15-8-10-16(23)11-9-15/h3-11H,2,12-13H2,1H3,(H,24,28)(H,25,26,27). The maximum absolute atomic E-state index is 12.3. The second-order valence-corrected chi connectivity index (χ2v) is 7.78. The normalized spacial score (nSPS) is 10.4. The summed E-state index contributed by atoms with van der Waals surface area (Å²) in [6.07, 6.45) is 0.0499. The quantitative estimate of drug-likeness (QED) is 0.488. The van der Waals surface area contributed by atoms with Gasteiger partial charge in [-0.3, -0.25) is 9.59 Å². The van der Waals surface area contributed by atoms with Crippen molar-refractivity contribution in [2.24, 2.45) is 0 Å². The third-order valence-corrected chi connectivity index (χ3v) is 5.33. The molecule has 2 amide bonds. The summed E-state index contributed by atoms with van der Waals surface area (Å²) in [5.41, 5.74) is 1.66. The number of amides is 2. The second kappa shape index (κ2) is 10.7. The SMILES string of the molecule is CCOC(=O)c1sc(NC(=O)CCNC(=O)c2ccc(Cl)cc2)nc1-c1ccccc1. The number of carbonyl (C=O) groups is 3. The lowest BCUT2D eigenvalue weighted by atomic mass is 10.1. The first-order chi connectivity index (χ1) is 15.0. The number of hydrogen-bond acceptors (Lipinski definition) is 6. The number of halogens is 1. The van der Waals surface area contributed by atoms with E-state index in [2.05, 4.69) is 15.6 Å². The molecule has 160 valence electrons. The Kier molecular flexibility index (Phi) is 7.75. The highest BCUT2D eigenvalue weighted by Gasteiger charge is 2.21. The molecular weight excluding hydrogens is 438 g/mol. The van der Waals surface area contributed by atoms with E-state index >= 15 is 0 Å². The van der Waals surface area contributed by atoms with Gasteiger partial charge in [0.2, 0.25) is 5.91 Å². The molecule has 0 atom stereocenters. The van der Waals surface area contributed by atoms with Gasteiger partial charge in [0.05, 0.1) is 12.3 Å². The van der Waals surface area contributed by atoms with Gasteiger partial charge < -0.3 is 15.4 Å². The number of nitrogens with one attached hydrogen (secondary N) is 2. The lowest BCUT2D eigenvalue weighted by Crippen LogP contribution is -2.27. The summed E-state index contributed by atoms with van der Waals surface area (Å²) < 4.78 is 5.11. The number of hydrogen-bond donors (Lipinski definition) is 2. The highest BCUT2D eigenvalue weighted by Crippen LogP contribution is 2.31. The average molecular weight is 458 g/mol. The van der Waals surface area contributed by atoms with Crippen molar-refractivity contribution in [3.63, 3.8) is 0 Å². The maximum atomic E-state index is 12.3. The molecule has 3 aromatic rings. The Balaban J connectivity index is 1.62. The van der Waals surface area contributed by atoms with Crippen LogP contribution in [0.3, 0.4) is 0 Å². The van der Waals surface area contributed by atoms with Gasteiger partial charge in [-0.2, -0.15) is 0 Å². The van der Waals surface area contributed by atoms with E-state index in [1.165, 1.54) is 0 Å². The number of benzene rings is 2. The number of aromatic nitrogens is 1. The predicted molar refractivity (Wildman–Crippen MR) is 121 cm³/mol. The summed E-state index contributed by atoms with van der Waals surface area (Å²) in [7, 11) is 0. The Bertz CT molecular complexity index is 1070. The molecule has 1 aromatic heterocycles. The molecule has 0 saturated carbocycles. The smallest absolute Gasteiger partial charge is 0.350 e. The number of thiazole rings is 1. The molecule has 0 bridgehead atoms. The van der Waals surface area contributed by atoms with Crippen LogP contribution < -0.4 is 10.6 Å². The van der Waals surface area contributed by atoms with Crippen LogP contribution >= 0.6 is 22.9 Å². The number of carbonyl (C=O) groups excluding carboxylic acids is 3. The molecule has 3 rings (SSSR count). The molecule has 0 spiro atoms. The van der Waals surface area contributed by atoms with E-state index in [0.717, 1.165) is 16.9 Å². The molecule has 7 nitrogen and oxygen atoms in total. The zero-order valence-electron chi connectivity index (χ0n) is 16.7. The summed E-state index contributed by atoms with van der Waals surface area (Å²) >= 11 is 6.86. The maximum Gasteiger partial charge on any atom is 0.350 e. The average Bonchev–Trinajstić information content (AvgIpc) is 3.19. The monoisotopic (exact) mass is 457 g/mol. The van der Waals surface area contributed by atoms with Gasteiger partial charge in [0, 0.05) is 29.1 Å². The van der Waals surface area contributed by atoms with Crippen molar-refractivity contribution in [1.82, 2.24) is 10.3 Å². The van der Waals surface area contributed by atoms with E-state index in [9.17, 15) is 14.4 Å². The van der Waals surface area contributed by atoms with Crippen molar-refractivity contribution in [2.45, 2.75) is 13.3 Å². The molecule has 0 radical (unpaired) electrons. The first-order valence-electron chi connectivity index (χ1n) is 9.55. The molecule has 9 heteroatoms. The molecule has 2 aromatic carbocycles. The van der Waals surface area contributed by atoms with Crippen molar-refractivity contribution in [3.05, 3.63) is 70.1 Å². The van der Waals surface area contributed by atoms with Gasteiger partial charge in [-0.15, -0.1) is 0 Å². The number of rotatable bonds is 8. The van der Waals surface area contributed by atoms with Crippen LogP contribution in [0, 0.1) is 0 Å². The fourth-order valence-electron chi connectivity index (χ4n) is 2.67. The van der Waals surface area contributed by atoms with Gasteiger partial charge in [0.15, 0.2) is 5.13 Å². The zero-order valence-corrected chi connectivity index (χ0v) is 18.3. The lowest BCUT2D eigenvalue weighted by Gasteiger charge is -2.05. The van der Waals surface area contributed by atoms with Gasteiger partial charge in [-0.05, 0) is 31.2 Å². The third kappa shape index (κ3) is 6.13. The van der Waals surface area contributed by atoms with E-state index in [1.54, 1.807) is 31.2 Å². The van der Waals surface area contributed by atoms with Crippen molar-refractivity contribution in [1.29, 1.82) is 0 Å². The third-order valence-electron chi connectivity index (χ3n) is 4.13. The highest BCUT2D eigenvalue weighted by atomic mass is 35.5. The Labute approximate surface area is 188 Å². The molecule has 2 N–H and O–H groups in total. The molecule has 0 aliphatic rings. The Morgan fingerprint density at radius 1 is 1.06 bits per heavy atom. The first-order valence-corrected chi connectivity index (χ1v) is 10.7. The van der Waals surface area contributed by atoms with Crippen LogP contribution in [0.5, 0.6) is 0 Å². The summed E-state index contributed by atoms with van der Waals surface area (Å²) in [4.78, 5) is 41.4. The Morgan fingerprint density at radius 3 is 2.45 bits per heavy atom. The number of ether oxygens (including phenoxy) is 1. The minimum absolute atomic E-state index is 0.0499. The largest absolute Gasteiger partial charge is 0.462 e. The first kappa shape index (κ1) is 22.5. The molecule has 0 saturated heterocycles. The lowest BCUT2D eigenvalue weighted by molar-refractivity contribution is -0.116. The van der Waals surface area contributed by atoms with E-state index < -0.39 is 5.97 Å². The van der Waals surface area contributed by atoms with Crippen LogP contribution in [-0.4, -0.2) is 35.9 Å². The topological polar surface area (TPSA) is 97.4 Å². The van der Waals surface area contributed by atoms with Crippen molar-refractivity contribution < 1.29 is 19.1 Å². The van der Waals surface area contributed by atoms with Gasteiger partial charge in [0.25, 0.3) is 5.91 Å². The predicted octanol–water partition coefficient (Wildman–Crippen LogP) is 4.40. The van der Waals surface area contributed by atoms with Crippen molar-refractivity contribution >= 4 is 45.9 Å². The molecule has 0 fully saturated rings. The number of esters is 1. The van der Waals surface area contributed by atoms with Gasteiger partial charge in [0.1, 0.15) is 4.88 Å². The highest BCUT2D eigenvalue weighted by molar-refractivity contribution is 7.18. The Hall–Kier alpha value is -3.23. The fourth-order valence-corrected chi connectivity index (χ4v) is 3.70. The number of nitrogens with zero attached hydrogens (tertiary/aromatic N) is 1. The van der Waals surface area contributed by atoms with E-state index in [4.69, 9.17) is 16.3 Å². The summed E-state index contributed by atoms with van der Waals surface area (Å²) in [6.45, 7) is 2.11. The molecule has 1 heterocycles. The van der Waals surface area contributed by atoms with Gasteiger partial charge in [-0.1, -0.05) is 53.3 Å². The van der Waals surface area contributed by atoms with Gasteiger partial charge >= 0.3 is 5.97 Å². The van der Waals surface area contributed by atoms with Crippen LogP contribution in [0.2, 0.25) is 5.02 Å². The molecule has 0 aliphatic heterocycles. The Morgan fingerprint density at radius 2 is 1.77 bits per heavy atom. The minimum atomic E-state index is -0.491. The summed E-state index contributed by atoms with van der Waals surface area (Å²) in [5, 5.41) is 6.19.